The first-order valence-corrected chi connectivity index (χ1v) is 10.7. The van der Waals surface area contributed by atoms with Gasteiger partial charge in [-0.1, -0.05) is 61.5 Å². The highest BCUT2D eigenvalue weighted by molar-refractivity contribution is 6.03. The molecule has 1 N–H and O–H groups in total. The van der Waals surface area contributed by atoms with Crippen molar-refractivity contribution in [3.8, 4) is 0 Å². The largest absolute Gasteiger partial charge is 0.356 e. The Hall–Kier alpha value is -3.73. The highest BCUT2D eigenvalue weighted by atomic mass is 19.1. The highest BCUT2D eigenvalue weighted by Crippen LogP contribution is 2.20. The van der Waals surface area contributed by atoms with Gasteiger partial charge in [0.2, 0.25) is 5.91 Å². The molecule has 164 valence electrons. The minimum absolute atomic E-state index is 0.0295. The summed E-state index contributed by atoms with van der Waals surface area (Å²) < 4.78 is 13.7. The van der Waals surface area contributed by atoms with Crippen LogP contribution in [-0.2, 0) is 22.6 Å². The maximum atomic E-state index is 13.7. The number of carbonyl (C=O) groups is 2. The van der Waals surface area contributed by atoms with Crippen LogP contribution in [0, 0.1) is 5.82 Å². The Bertz CT molecular complexity index is 1060. The second kappa shape index (κ2) is 11.6. The van der Waals surface area contributed by atoms with Crippen LogP contribution in [0.5, 0.6) is 0 Å². The van der Waals surface area contributed by atoms with E-state index in [4.69, 9.17) is 0 Å². The van der Waals surface area contributed by atoms with Gasteiger partial charge in [-0.25, -0.2) is 4.39 Å². The maximum absolute atomic E-state index is 13.7. The molecule has 0 unspecified atom stereocenters. The summed E-state index contributed by atoms with van der Waals surface area (Å²) in [5.74, 6) is -0.590. The number of rotatable bonds is 9. The van der Waals surface area contributed by atoms with E-state index in [1.165, 1.54) is 18.2 Å². The zero-order valence-corrected chi connectivity index (χ0v) is 18.1. The van der Waals surface area contributed by atoms with Crippen molar-refractivity contribution in [3.63, 3.8) is 0 Å². The van der Waals surface area contributed by atoms with Gasteiger partial charge in [0, 0.05) is 18.3 Å². The Labute approximate surface area is 188 Å². The quantitative estimate of drug-likeness (QED) is 0.478. The number of hydrogen-bond donors (Lipinski definition) is 1. The summed E-state index contributed by atoms with van der Waals surface area (Å²) in [6, 6.07) is 23.1. The van der Waals surface area contributed by atoms with Crippen LogP contribution in [0.3, 0.4) is 0 Å². The number of amides is 2. The van der Waals surface area contributed by atoms with E-state index < -0.39 is 0 Å². The molecule has 0 radical (unpaired) electrons. The Kier molecular flexibility index (Phi) is 8.32. The van der Waals surface area contributed by atoms with Gasteiger partial charge >= 0.3 is 0 Å². The van der Waals surface area contributed by atoms with E-state index >= 15 is 0 Å². The Morgan fingerprint density at radius 2 is 1.69 bits per heavy atom. The van der Waals surface area contributed by atoms with Gasteiger partial charge in [0.05, 0.1) is 13.0 Å². The van der Waals surface area contributed by atoms with Gasteiger partial charge in [0.1, 0.15) is 5.82 Å². The lowest BCUT2D eigenvalue weighted by Gasteiger charge is -2.22. The van der Waals surface area contributed by atoms with Crippen LogP contribution in [0.15, 0.2) is 84.9 Å². The predicted octanol–water partition coefficient (Wildman–Crippen LogP) is 5.14. The molecule has 0 bridgehead atoms. The summed E-state index contributed by atoms with van der Waals surface area (Å²) in [4.78, 5) is 26.6. The Balaban J connectivity index is 1.80. The molecular weight excluding hydrogens is 403 g/mol. The lowest BCUT2D eigenvalue weighted by Crippen LogP contribution is -2.29. The van der Waals surface area contributed by atoms with Crippen LogP contribution in [0.4, 0.5) is 10.1 Å². The lowest BCUT2D eigenvalue weighted by atomic mass is 10.1. The minimum Gasteiger partial charge on any atom is -0.356 e. The average Bonchev–Trinajstić information content (AvgIpc) is 2.81. The van der Waals surface area contributed by atoms with E-state index in [1.807, 2.05) is 61.5 Å². The third-order valence-electron chi connectivity index (χ3n) is 4.90. The van der Waals surface area contributed by atoms with Gasteiger partial charge in [0.15, 0.2) is 0 Å². The summed E-state index contributed by atoms with van der Waals surface area (Å²) in [5.41, 5.74) is 3.14. The summed E-state index contributed by atoms with van der Waals surface area (Å²) in [6.07, 6.45) is 4.44. The van der Waals surface area contributed by atoms with E-state index in [9.17, 15) is 14.0 Å². The molecule has 0 heterocycles. The first kappa shape index (κ1) is 22.9. The van der Waals surface area contributed by atoms with Crippen molar-refractivity contribution >= 4 is 23.6 Å². The first-order valence-electron chi connectivity index (χ1n) is 10.7. The zero-order chi connectivity index (χ0) is 22.8. The molecule has 0 aliphatic rings. The van der Waals surface area contributed by atoms with Gasteiger partial charge < -0.3 is 10.2 Å². The molecule has 3 aromatic rings. The Morgan fingerprint density at radius 1 is 0.938 bits per heavy atom. The van der Waals surface area contributed by atoms with Crippen molar-refractivity contribution in [1.82, 2.24) is 5.32 Å². The summed E-state index contributed by atoms with van der Waals surface area (Å²) in [6.45, 7) is 2.89. The minimum atomic E-state index is -0.344. The van der Waals surface area contributed by atoms with Crippen LogP contribution in [-0.4, -0.2) is 18.4 Å². The second-order valence-corrected chi connectivity index (χ2v) is 7.49. The molecule has 2 amide bonds. The molecule has 0 saturated heterocycles. The molecule has 32 heavy (non-hydrogen) atoms. The second-order valence-electron chi connectivity index (χ2n) is 7.49. The molecule has 0 aliphatic carbocycles. The van der Waals surface area contributed by atoms with Crippen LogP contribution in [0.2, 0.25) is 0 Å². The monoisotopic (exact) mass is 430 g/mol. The van der Waals surface area contributed by atoms with Crippen molar-refractivity contribution in [2.45, 2.75) is 26.3 Å². The lowest BCUT2D eigenvalue weighted by molar-refractivity contribution is -0.120. The third-order valence-corrected chi connectivity index (χ3v) is 4.90. The molecule has 0 aliphatic heterocycles. The number of nitrogens with one attached hydrogen (secondary N) is 1. The van der Waals surface area contributed by atoms with Gasteiger partial charge in [0.25, 0.3) is 5.91 Å². The van der Waals surface area contributed by atoms with Crippen molar-refractivity contribution < 1.29 is 14.0 Å². The first-order chi connectivity index (χ1) is 15.5. The van der Waals surface area contributed by atoms with Gasteiger partial charge in [-0.05, 0) is 53.5 Å². The zero-order valence-electron chi connectivity index (χ0n) is 18.1. The molecular formula is C27H27FN2O2. The predicted molar refractivity (Wildman–Crippen MR) is 127 cm³/mol. The molecule has 0 atom stereocenters. The summed E-state index contributed by atoms with van der Waals surface area (Å²) in [5, 5.41) is 2.86. The number of nitrogens with zero attached hydrogens (tertiary/aromatic N) is 1. The highest BCUT2D eigenvalue weighted by Gasteiger charge is 2.15. The number of halogens is 1. The molecule has 0 saturated carbocycles. The summed E-state index contributed by atoms with van der Waals surface area (Å²) >= 11 is 0. The maximum Gasteiger partial charge on any atom is 0.251 e. The molecule has 0 fully saturated rings. The van der Waals surface area contributed by atoms with Crippen LogP contribution in [0.25, 0.3) is 6.08 Å². The van der Waals surface area contributed by atoms with E-state index in [0.29, 0.717) is 17.8 Å². The van der Waals surface area contributed by atoms with Gasteiger partial charge in [-0.2, -0.15) is 0 Å². The number of hydrogen-bond acceptors (Lipinski definition) is 2. The van der Waals surface area contributed by atoms with E-state index in [0.717, 1.165) is 17.5 Å². The van der Waals surface area contributed by atoms with Gasteiger partial charge in [-0.3, -0.25) is 9.59 Å². The fourth-order valence-corrected chi connectivity index (χ4v) is 3.24. The molecule has 4 nitrogen and oxygen atoms in total. The van der Waals surface area contributed by atoms with Crippen molar-refractivity contribution in [3.05, 3.63) is 107 Å². The molecule has 3 aromatic carbocycles. The van der Waals surface area contributed by atoms with E-state index in [-0.39, 0.29) is 30.6 Å². The molecule has 0 spiro atoms. The Morgan fingerprint density at radius 3 is 2.38 bits per heavy atom. The van der Waals surface area contributed by atoms with Gasteiger partial charge in [-0.15, -0.1) is 0 Å². The fourth-order valence-electron chi connectivity index (χ4n) is 3.24. The number of carbonyl (C=O) groups excluding carboxylic acids is 2. The third kappa shape index (κ3) is 6.91. The topological polar surface area (TPSA) is 49.4 Å². The molecule has 5 heteroatoms. The van der Waals surface area contributed by atoms with Crippen molar-refractivity contribution in [2.75, 3.05) is 11.4 Å². The SMILES string of the molecule is CCCNC(=O)Cc1ccc(N(Cc2cccc(F)c2)C(=O)C=Cc2ccccc2)cc1. The van der Waals surface area contributed by atoms with Crippen molar-refractivity contribution in [1.29, 1.82) is 0 Å². The number of anilines is 1. The normalized spacial score (nSPS) is 10.8. The fraction of sp³-hybridized carbons (Fsp3) is 0.185. The van der Waals surface area contributed by atoms with Crippen LogP contribution < -0.4 is 10.2 Å². The summed E-state index contributed by atoms with van der Waals surface area (Å²) in [7, 11) is 0. The van der Waals surface area contributed by atoms with Crippen LogP contribution >= 0.6 is 0 Å². The number of benzene rings is 3. The van der Waals surface area contributed by atoms with Crippen LogP contribution in [0.1, 0.15) is 30.0 Å². The smallest absolute Gasteiger partial charge is 0.251 e. The molecule has 0 aromatic heterocycles. The molecule has 3 rings (SSSR count). The van der Waals surface area contributed by atoms with E-state index in [1.54, 1.807) is 23.1 Å². The van der Waals surface area contributed by atoms with E-state index in [2.05, 4.69) is 5.32 Å². The average molecular weight is 431 g/mol. The van der Waals surface area contributed by atoms with Crippen molar-refractivity contribution in [2.24, 2.45) is 0 Å². The standard InChI is InChI=1S/C27H27FN2O2/c1-2-17-29-26(31)19-22-11-14-25(15-12-22)30(20-23-9-6-10-24(28)18-23)27(32)16-13-21-7-4-3-5-8-21/h3-16,18H,2,17,19-20H2,1H3,(H,29,31).